The highest BCUT2D eigenvalue weighted by atomic mass is 32.2. The molecule has 1 aromatic heterocycles. The molecular weight excluding hydrogens is 545 g/mol. The summed E-state index contributed by atoms with van der Waals surface area (Å²) >= 11 is 2.00. The van der Waals surface area contributed by atoms with E-state index in [1.54, 1.807) is 7.05 Å². The number of alkyl halides is 1. The van der Waals surface area contributed by atoms with Crippen molar-refractivity contribution in [3.05, 3.63) is 17.1 Å². The highest BCUT2D eigenvalue weighted by molar-refractivity contribution is 8.00. The number of piperazine rings is 1. The van der Waals surface area contributed by atoms with Gasteiger partial charge >= 0.3 is 5.97 Å². The number of halogens is 1. The maximum Gasteiger partial charge on any atom is 0.353 e. The minimum Gasteiger partial charge on any atom is -0.477 e. The molecule has 3 aliphatic heterocycles. The Bertz CT molecular complexity index is 1220. The summed E-state index contributed by atoms with van der Waals surface area (Å²) in [6.07, 6.45) is 1.32. The van der Waals surface area contributed by atoms with Gasteiger partial charge in [0, 0.05) is 56.1 Å². The van der Waals surface area contributed by atoms with E-state index >= 15 is 0 Å². The Morgan fingerprint density at radius 3 is 2.82 bits per heavy atom. The van der Waals surface area contributed by atoms with Crippen LogP contribution in [0.4, 0.5) is 9.52 Å². The molecule has 19 heteroatoms. The quantitative estimate of drug-likeness (QED) is 0.102. The number of fused-ring (bicyclic) bond motifs is 1. The number of β-lactam (4-membered cyclic amide) rings is 1. The summed E-state index contributed by atoms with van der Waals surface area (Å²) < 4.78 is 16.3. The molecule has 3 aliphatic rings. The van der Waals surface area contributed by atoms with E-state index in [0.29, 0.717) is 13.1 Å². The molecule has 2 saturated heterocycles. The number of hydrogen-bond acceptors (Lipinski definition) is 13. The Morgan fingerprint density at radius 1 is 1.45 bits per heavy atom. The number of nitrogens with one attached hydrogen (secondary N) is 3. The molecule has 0 aromatic carbocycles. The highest BCUT2D eigenvalue weighted by Crippen LogP contribution is 2.40. The number of anilines is 1. The molecule has 0 spiro atoms. The molecular formula is C19H24FN11O5S2. The van der Waals surface area contributed by atoms with Crippen molar-refractivity contribution in [3.63, 3.8) is 0 Å². The number of guanidine groups is 1. The molecule has 16 nitrogen and oxygen atoms in total. The molecule has 1 unspecified atom stereocenters. The fourth-order valence-electron chi connectivity index (χ4n) is 3.85. The van der Waals surface area contributed by atoms with Crippen molar-refractivity contribution < 1.29 is 28.7 Å². The van der Waals surface area contributed by atoms with Crippen molar-refractivity contribution in [2.45, 2.75) is 11.4 Å². The number of aliphatic carboxylic acids is 1. The fraction of sp³-hybridized carbons (Fsp3) is 0.474. The van der Waals surface area contributed by atoms with E-state index in [-0.39, 0.29) is 33.9 Å². The van der Waals surface area contributed by atoms with E-state index in [0.717, 1.165) is 29.5 Å². The first-order valence-electron chi connectivity index (χ1n) is 11.1. The molecule has 4 heterocycles. The number of carbonyl (C=O) groups excluding carboxylic acids is 2. The Morgan fingerprint density at radius 2 is 2.18 bits per heavy atom. The van der Waals surface area contributed by atoms with E-state index in [9.17, 15) is 23.9 Å². The first-order valence-corrected chi connectivity index (χ1v) is 12.9. The van der Waals surface area contributed by atoms with Crippen LogP contribution >= 0.6 is 23.3 Å². The molecule has 2 fully saturated rings. The van der Waals surface area contributed by atoms with Crippen LogP contribution in [-0.4, -0.2) is 122 Å². The maximum atomic E-state index is 12.9. The molecule has 0 radical (unpaired) electrons. The first kappa shape index (κ1) is 27.2. The minimum absolute atomic E-state index is 0.0358. The lowest BCUT2D eigenvalue weighted by atomic mass is 10.0. The maximum absolute atomic E-state index is 12.9. The standard InChI is InChI=1S/C19H24FN11O5S2/c1-29(19(22)30-4-2-23-3-5-30)24-6-9-7-37-16-11(15(33)31(16)12(9)17(34)35)25-14(32)10(27-36-8-20)13-26-18(21)38-28-13/h6,11,16,22-23H,2-5,7-8H2,1H3,(H,25,32)(H,34,35)(H2,21,26,28)/t11-,16?/m1/s1. The summed E-state index contributed by atoms with van der Waals surface area (Å²) in [6.45, 7) is 1.46. The number of hydrogen-bond donors (Lipinski definition) is 5. The number of rotatable bonds is 8. The number of nitrogen functional groups attached to an aromatic ring is 1. The second-order valence-corrected chi connectivity index (χ2v) is 9.89. The summed E-state index contributed by atoms with van der Waals surface area (Å²) in [5.41, 5.74) is 5.06. The predicted octanol–water partition coefficient (Wildman–Crippen LogP) is -1.74. The predicted molar refractivity (Wildman–Crippen MR) is 136 cm³/mol. The molecule has 0 bridgehead atoms. The normalized spacial score (nSPS) is 21.7. The lowest BCUT2D eigenvalue weighted by molar-refractivity contribution is -0.150. The average molecular weight is 570 g/mol. The van der Waals surface area contributed by atoms with Crippen LogP contribution in [0.15, 0.2) is 21.5 Å². The van der Waals surface area contributed by atoms with Crippen LogP contribution in [0.2, 0.25) is 0 Å². The molecule has 4 rings (SSSR count). The zero-order chi connectivity index (χ0) is 27.4. The largest absolute Gasteiger partial charge is 0.477 e. The molecule has 1 aromatic rings. The number of carboxylic acids is 1. The van der Waals surface area contributed by atoms with Crippen LogP contribution in [0.5, 0.6) is 0 Å². The summed E-state index contributed by atoms with van der Waals surface area (Å²) in [6, 6.07) is -1.09. The zero-order valence-electron chi connectivity index (χ0n) is 20.0. The van der Waals surface area contributed by atoms with Crippen molar-refractivity contribution in [3.8, 4) is 0 Å². The monoisotopic (exact) mass is 569 g/mol. The van der Waals surface area contributed by atoms with Crippen molar-refractivity contribution >= 4 is 64.1 Å². The van der Waals surface area contributed by atoms with Gasteiger partial charge in [0.15, 0.2) is 5.13 Å². The van der Waals surface area contributed by atoms with Gasteiger partial charge in [-0.25, -0.2) is 14.2 Å². The third-order valence-electron chi connectivity index (χ3n) is 5.67. The number of carbonyl (C=O) groups is 3. The minimum atomic E-state index is -1.34. The fourth-order valence-corrected chi connectivity index (χ4v) is 5.58. The molecule has 2 amide bonds. The lowest BCUT2D eigenvalue weighted by Crippen LogP contribution is -2.71. The van der Waals surface area contributed by atoms with Crippen LogP contribution in [-0.2, 0) is 19.2 Å². The van der Waals surface area contributed by atoms with Crippen LogP contribution in [0.25, 0.3) is 0 Å². The number of amides is 2. The summed E-state index contributed by atoms with van der Waals surface area (Å²) in [5.74, 6) is -2.80. The van der Waals surface area contributed by atoms with Gasteiger partial charge < -0.3 is 31.2 Å². The van der Waals surface area contributed by atoms with E-state index in [2.05, 4.69) is 35.1 Å². The molecule has 6 N–H and O–H groups in total. The van der Waals surface area contributed by atoms with E-state index < -0.39 is 41.8 Å². The van der Waals surface area contributed by atoms with Gasteiger partial charge in [0.25, 0.3) is 18.7 Å². The summed E-state index contributed by atoms with van der Waals surface area (Å²) in [7, 11) is 1.58. The third kappa shape index (κ3) is 5.53. The number of hydrazone groups is 1. The Labute approximate surface area is 223 Å². The Balaban J connectivity index is 1.47. The van der Waals surface area contributed by atoms with Crippen LogP contribution in [0.1, 0.15) is 5.82 Å². The van der Waals surface area contributed by atoms with Gasteiger partial charge in [0.05, 0.1) is 6.21 Å². The molecule has 0 aliphatic carbocycles. The topological polar surface area (TPSA) is 215 Å². The van der Waals surface area contributed by atoms with E-state index in [1.165, 1.54) is 23.0 Å². The Hall–Kier alpha value is -3.84. The van der Waals surface area contributed by atoms with Gasteiger partial charge in [-0.15, -0.1) is 11.8 Å². The van der Waals surface area contributed by atoms with Crippen molar-refractivity contribution in [1.82, 2.24) is 34.8 Å². The van der Waals surface area contributed by atoms with Crippen molar-refractivity contribution in [2.75, 3.05) is 51.6 Å². The SMILES string of the molecule is CN(N=CC1=C(C(=O)O)N2C(=O)[C@@H](NC(=O)C(=NOCF)c3nsc(N)n3)C2SC1)C(=N)N1CCNCC1. The molecule has 2 atom stereocenters. The zero-order valence-corrected chi connectivity index (χ0v) is 21.6. The van der Waals surface area contributed by atoms with Crippen LogP contribution in [0.3, 0.4) is 0 Å². The number of aromatic nitrogens is 2. The number of oxime groups is 1. The molecule has 204 valence electrons. The number of thioether (sulfide) groups is 1. The van der Waals surface area contributed by atoms with Gasteiger partial charge in [0.1, 0.15) is 17.1 Å². The Kier molecular flexibility index (Phi) is 8.37. The summed E-state index contributed by atoms with van der Waals surface area (Å²) in [5, 5.41) is 32.1. The molecule has 0 saturated carbocycles. The second kappa shape index (κ2) is 11.7. The van der Waals surface area contributed by atoms with Gasteiger partial charge in [0.2, 0.25) is 17.5 Å². The number of carboxylic acid groups (broad SMARTS) is 1. The van der Waals surface area contributed by atoms with Gasteiger partial charge in [-0.1, -0.05) is 5.16 Å². The van der Waals surface area contributed by atoms with Gasteiger partial charge in [-0.3, -0.25) is 19.9 Å². The van der Waals surface area contributed by atoms with Crippen LogP contribution < -0.4 is 16.4 Å². The first-order chi connectivity index (χ1) is 18.2. The lowest BCUT2D eigenvalue weighted by Gasteiger charge is -2.49. The average Bonchev–Trinajstić information content (AvgIpc) is 3.35. The van der Waals surface area contributed by atoms with Gasteiger partial charge in [-0.05, 0) is 0 Å². The second-order valence-electron chi connectivity index (χ2n) is 8.00. The van der Waals surface area contributed by atoms with E-state index in [4.69, 9.17) is 11.1 Å². The van der Waals surface area contributed by atoms with Crippen molar-refractivity contribution in [1.29, 1.82) is 5.41 Å². The van der Waals surface area contributed by atoms with E-state index in [1.807, 2.05) is 4.90 Å². The van der Waals surface area contributed by atoms with Crippen LogP contribution in [0, 0.1) is 5.41 Å². The summed E-state index contributed by atoms with van der Waals surface area (Å²) in [4.78, 5) is 48.9. The molecule has 38 heavy (non-hydrogen) atoms. The number of nitrogens with two attached hydrogens (primary N) is 1. The highest BCUT2D eigenvalue weighted by Gasteiger charge is 2.54. The third-order valence-corrected chi connectivity index (χ3v) is 7.51. The smallest absolute Gasteiger partial charge is 0.353 e. The van der Waals surface area contributed by atoms with Gasteiger partial charge in [-0.2, -0.15) is 14.5 Å². The van der Waals surface area contributed by atoms with Crippen molar-refractivity contribution in [2.24, 2.45) is 10.3 Å². The number of nitrogens with zero attached hydrogens (tertiary/aromatic N) is 7.